The Morgan fingerprint density at radius 3 is 2.55 bits per heavy atom. The zero-order valence-corrected chi connectivity index (χ0v) is 17.8. The topological polar surface area (TPSA) is 105 Å². The van der Waals surface area contributed by atoms with Gasteiger partial charge in [0.2, 0.25) is 0 Å². The number of aryl methyl sites for hydroxylation is 1. The molecule has 9 heteroatoms. The second-order valence-corrected chi connectivity index (χ2v) is 8.19. The van der Waals surface area contributed by atoms with Gasteiger partial charge in [-0.05, 0) is 25.0 Å². The van der Waals surface area contributed by atoms with E-state index in [0.29, 0.717) is 18.2 Å². The van der Waals surface area contributed by atoms with Crippen LogP contribution >= 0.6 is 11.8 Å². The van der Waals surface area contributed by atoms with E-state index in [1.54, 1.807) is 0 Å². The van der Waals surface area contributed by atoms with Gasteiger partial charge >= 0.3 is 5.69 Å². The quantitative estimate of drug-likeness (QED) is 0.468. The number of ketones is 1. The van der Waals surface area contributed by atoms with Crippen molar-refractivity contribution in [1.82, 2.24) is 18.7 Å². The number of nitrogens with two attached hydrogens (primary N) is 1. The number of aromatic nitrogens is 4. The highest BCUT2D eigenvalue weighted by Gasteiger charge is 2.22. The van der Waals surface area contributed by atoms with Crippen LogP contribution in [0.1, 0.15) is 31.1 Å². The van der Waals surface area contributed by atoms with Gasteiger partial charge in [-0.25, -0.2) is 9.78 Å². The fourth-order valence-electron chi connectivity index (χ4n) is 3.26. The molecule has 0 unspecified atom stereocenters. The van der Waals surface area contributed by atoms with Gasteiger partial charge in [0.25, 0.3) is 5.56 Å². The van der Waals surface area contributed by atoms with Gasteiger partial charge < -0.3 is 10.3 Å². The molecule has 154 valence electrons. The van der Waals surface area contributed by atoms with E-state index in [1.165, 1.54) is 23.4 Å². The summed E-state index contributed by atoms with van der Waals surface area (Å²) in [7, 11) is 1.36. The smallest absolute Gasteiger partial charge is 0.332 e. The number of carbonyl (C=O) groups is 1. The van der Waals surface area contributed by atoms with Gasteiger partial charge in [-0.2, -0.15) is 0 Å². The normalized spacial score (nSPS) is 11.5. The van der Waals surface area contributed by atoms with Gasteiger partial charge in [-0.1, -0.05) is 37.7 Å². The Kier molecular flexibility index (Phi) is 5.97. The lowest BCUT2D eigenvalue weighted by Gasteiger charge is -2.16. The molecule has 0 aliphatic heterocycles. The van der Waals surface area contributed by atoms with Crippen LogP contribution in [0, 0.1) is 5.92 Å². The van der Waals surface area contributed by atoms with E-state index < -0.39 is 17.0 Å². The monoisotopic (exact) mass is 415 g/mol. The standard InChI is InChI=1S/C20H25N5O3S/c1-5-24-14-9-7-6-8-13(14)22-19(24)29-11-15(26)16-17(21)25(10-12(2)3)20(28)23(4)18(16)27/h6-9,12H,5,10-11,21H2,1-4H3. The van der Waals surface area contributed by atoms with E-state index in [9.17, 15) is 14.4 Å². The molecule has 0 amide bonds. The molecule has 8 nitrogen and oxygen atoms in total. The van der Waals surface area contributed by atoms with Crippen molar-refractivity contribution in [2.24, 2.45) is 13.0 Å². The van der Waals surface area contributed by atoms with Crippen LogP contribution in [0.25, 0.3) is 11.0 Å². The fraction of sp³-hybridized carbons (Fsp3) is 0.400. The Hall–Kier alpha value is -2.81. The van der Waals surface area contributed by atoms with E-state index in [4.69, 9.17) is 5.73 Å². The van der Waals surface area contributed by atoms with Crippen molar-refractivity contribution in [2.75, 3.05) is 11.5 Å². The number of benzene rings is 1. The average Bonchev–Trinajstić information content (AvgIpc) is 3.05. The van der Waals surface area contributed by atoms with Crippen molar-refractivity contribution in [2.45, 2.75) is 39.0 Å². The minimum atomic E-state index is -0.665. The van der Waals surface area contributed by atoms with Gasteiger partial charge in [0.05, 0.1) is 16.8 Å². The van der Waals surface area contributed by atoms with Crippen molar-refractivity contribution >= 4 is 34.4 Å². The second-order valence-electron chi connectivity index (χ2n) is 7.25. The number of nitrogen functional groups attached to an aromatic ring is 1. The number of carbonyl (C=O) groups excluding carboxylic acids is 1. The summed E-state index contributed by atoms with van der Waals surface area (Å²) >= 11 is 1.26. The highest BCUT2D eigenvalue weighted by Crippen LogP contribution is 2.25. The lowest BCUT2D eigenvalue weighted by atomic mass is 10.2. The number of Topliss-reactive ketones (excluding diaryl/α,β-unsaturated/α-hetero) is 1. The molecule has 2 aromatic heterocycles. The molecule has 0 saturated carbocycles. The SMILES string of the molecule is CCn1c(SCC(=O)c2c(N)n(CC(C)C)c(=O)n(C)c2=O)nc2ccccc21. The first-order chi connectivity index (χ1) is 13.8. The number of fused-ring (bicyclic) bond motifs is 1. The van der Waals surface area contributed by atoms with Crippen molar-refractivity contribution in [3.63, 3.8) is 0 Å². The van der Waals surface area contributed by atoms with Crippen molar-refractivity contribution in [1.29, 1.82) is 0 Å². The minimum Gasteiger partial charge on any atom is -0.384 e. The Balaban J connectivity index is 1.95. The summed E-state index contributed by atoms with van der Waals surface area (Å²) in [6.45, 7) is 6.92. The summed E-state index contributed by atoms with van der Waals surface area (Å²) in [6.07, 6.45) is 0. The van der Waals surface area contributed by atoms with Crippen molar-refractivity contribution in [3.05, 3.63) is 50.7 Å². The Bertz CT molecular complexity index is 1190. The molecule has 29 heavy (non-hydrogen) atoms. The second kappa shape index (κ2) is 8.28. The first-order valence-electron chi connectivity index (χ1n) is 9.46. The van der Waals surface area contributed by atoms with E-state index in [-0.39, 0.29) is 23.1 Å². The number of anilines is 1. The van der Waals surface area contributed by atoms with E-state index in [0.717, 1.165) is 15.6 Å². The third kappa shape index (κ3) is 3.87. The Labute approximate surface area is 172 Å². The highest BCUT2D eigenvalue weighted by atomic mass is 32.2. The van der Waals surface area contributed by atoms with E-state index in [2.05, 4.69) is 4.98 Å². The number of thioether (sulfide) groups is 1. The molecule has 0 fully saturated rings. The number of nitrogens with zero attached hydrogens (tertiary/aromatic N) is 4. The fourth-order valence-corrected chi connectivity index (χ4v) is 4.21. The van der Waals surface area contributed by atoms with Crippen LogP contribution in [0.5, 0.6) is 0 Å². The van der Waals surface area contributed by atoms with Crippen LogP contribution in [0.15, 0.2) is 39.0 Å². The van der Waals surface area contributed by atoms with Crippen LogP contribution in [-0.4, -0.2) is 30.2 Å². The number of imidazole rings is 1. The first kappa shape index (κ1) is 20.9. The molecule has 0 spiro atoms. The van der Waals surface area contributed by atoms with Gasteiger partial charge in [0.1, 0.15) is 11.4 Å². The van der Waals surface area contributed by atoms with Crippen LogP contribution in [0.4, 0.5) is 5.82 Å². The molecular formula is C20H25N5O3S. The summed E-state index contributed by atoms with van der Waals surface area (Å²) in [5, 5.41) is 0.702. The summed E-state index contributed by atoms with van der Waals surface area (Å²) in [5.74, 6) is -0.348. The van der Waals surface area contributed by atoms with Gasteiger partial charge in [-0.3, -0.25) is 18.7 Å². The molecule has 2 N–H and O–H groups in total. The maximum Gasteiger partial charge on any atom is 0.332 e. The number of rotatable bonds is 7. The number of hydrogen-bond acceptors (Lipinski definition) is 6. The predicted molar refractivity (Wildman–Crippen MR) is 116 cm³/mol. The third-order valence-electron chi connectivity index (χ3n) is 4.68. The molecular weight excluding hydrogens is 390 g/mol. The van der Waals surface area contributed by atoms with Crippen LogP contribution in [0.2, 0.25) is 0 Å². The molecule has 0 bridgehead atoms. The van der Waals surface area contributed by atoms with Gasteiger partial charge in [0, 0.05) is 20.1 Å². The zero-order chi connectivity index (χ0) is 21.3. The maximum absolute atomic E-state index is 12.9. The largest absolute Gasteiger partial charge is 0.384 e. The number of hydrogen-bond donors (Lipinski definition) is 1. The Morgan fingerprint density at radius 2 is 1.90 bits per heavy atom. The average molecular weight is 416 g/mol. The highest BCUT2D eigenvalue weighted by molar-refractivity contribution is 7.99. The predicted octanol–water partition coefficient (Wildman–Crippen LogP) is 2.13. The minimum absolute atomic E-state index is 0.00262. The molecule has 0 aliphatic carbocycles. The molecule has 0 aliphatic rings. The van der Waals surface area contributed by atoms with Crippen LogP contribution < -0.4 is 17.0 Å². The van der Waals surface area contributed by atoms with Crippen LogP contribution in [0.3, 0.4) is 0 Å². The molecule has 0 atom stereocenters. The molecule has 2 heterocycles. The summed E-state index contributed by atoms with van der Waals surface area (Å²) in [6, 6.07) is 7.76. The molecule has 1 aromatic carbocycles. The first-order valence-corrected chi connectivity index (χ1v) is 10.4. The van der Waals surface area contributed by atoms with Gasteiger partial charge in [-0.15, -0.1) is 0 Å². The van der Waals surface area contributed by atoms with Crippen molar-refractivity contribution in [3.8, 4) is 0 Å². The molecule has 0 saturated heterocycles. The summed E-state index contributed by atoms with van der Waals surface area (Å²) < 4.78 is 4.26. The van der Waals surface area contributed by atoms with E-state index >= 15 is 0 Å². The van der Waals surface area contributed by atoms with Gasteiger partial charge in [0.15, 0.2) is 10.9 Å². The number of para-hydroxylation sites is 2. The summed E-state index contributed by atoms with van der Waals surface area (Å²) in [4.78, 5) is 42.5. The lowest BCUT2D eigenvalue weighted by Crippen LogP contribution is -2.43. The lowest BCUT2D eigenvalue weighted by molar-refractivity contribution is 0.102. The Morgan fingerprint density at radius 1 is 1.21 bits per heavy atom. The van der Waals surface area contributed by atoms with E-state index in [1.807, 2.05) is 49.6 Å². The summed E-state index contributed by atoms with van der Waals surface area (Å²) in [5.41, 5.74) is 6.61. The molecule has 0 radical (unpaired) electrons. The maximum atomic E-state index is 12.9. The van der Waals surface area contributed by atoms with Crippen LogP contribution in [-0.2, 0) is 20.1 Å². The molecule has 3 rings (SSSR count). The third-order valence-corrected chi connectivity index (χ3v) is 5.65. The molecule has 3 aromatic rings. The van der Waals surface area contributed by atoms with Crippen molar-refractivity contribution < 1.29 is 4.79 Å². The zero-order valence-electron chi connectivity index (χ0n) is 17.0.